The number of benzene rings is 1. The zero-order chi connectivity index (χ0) is 11.9. The van der Waals surface area contributed by atoms with E-state index in [0.29, 0.717) is 12.1 Å². The van der Waals surface area contributed by atoms with Crippen molar-refractivity contribution in [3.8, 4) is 0 Å². The highest BCUT2D eigenvalue weighted by Crippen LogP contribution is 2.36. The van der Waals surface area contributed by atoms with Gasteiger partial charge in [-0.1, -0.05) is 0 Å². The minimum atomic E-state index is -0.733. The summed E-state index contributed by atoms with van der Waals surface area (Å²) < 4.78 is 0. The average Bonchev–Trinajstić information content (AvgIpc) is 2.54. The number of hydrogen-bond acceptors (Lipinski definition) is 5. The summed E-state index contributed by atoms with van der Waals surface area (Å²) in [5, 5.41) is 24.4. The van der Waals surface area contributed by atoms with Crippen molar-refractivity contribution in [2.24, 2.45) is 0 Å². The van der Waals surface area contributed by atoms with Crippen molar-refractivity contribution in [2.45, 2.75) is 19.4 Å². The average molecular weight is 223 g/mol. The zero-order valence-electron chi connectivity index (χ0n) is 8.47. The molecule has 1 aromatic carbocycles. The molecule has 0 bridgehead atoms. The fourth-order valence-corrected chi connectivity index (χ4v) is 1.86. The number of nitrogens with one attached hydrogen (secondary N) is 1. The number of hydrogen-bond donors (Lipinski definition) is 1. The van der Waals surface area contributed by atoms with Gasteiger partial charge in [-0.3, -0.25) is 20.2 Å². The molecule has 7 heteroatoms. The Kier molecular flexibility index (Phi) is 2.22. The molecular formula is C9H9N3O4. The molecule has 1 atom stereocenters. The molecule has 7 nitrogen and oxygen atoms in total. The molecule has 0 saturated heterocycles. The standard InChI is InChI=1S/C9H9N3O4/c1-5-2-6-3-8(11(13)14)9(12(15)16)4-7(6)10-5/h3-5,10H,2H2,1H3. The summed E-state index contributed by atoms with van der Waals surface area (Å²) in [6, 6.07) is 2.66. The molecule has 0 spiro atoms. The van der Waals surface area contributed by atoms with Gasteiger partial charge in [0, 0.05) is 23.9 Å². The van der Waals surface area contributed by atoms with E-state index in [-0.39, 0.29) is 6.04 Å². The van der Waals surface area contributed by atoms with Gasteiger partial charge in [-0.05, 0) is 18.9 Å². The van der Waals surface area contributed by atoms with Gasteiger partial charge in [0.05, 0.1) is 9.85 Å². The molecule has 0 amide bonds. The molecule has 1 aliphatic heterocycles. The van der Waals surface area contributed by atoms with Crippen LogP contribution in [0.4, 0.5) is 17.1 Å². The van der Waals surface area contributed by atoms with E-state index in [1.54, 1.807) is 0 Å². The highest BCUT2D eigenvalue weighted by molar-refractivity contribution is 5.69. The minimum Gasteiger partial charge on any atom is -0.382 e. The Morgan fingerprint density at radius 3 is 2.38 bits per heavy atom. The first-order valence-corrected chi connectivity index (χ1v) is 4.71. The number of anilines is 1. The highest BCUT2D eigenvalue weighted by Gasteiger charge is 2.29. The lowest BCUT2D eigenvalue weighted by Crippen LogP contribution is -2.08. The number of nitro benzene ring substituents is 2. The predicted octanol–water partition coefficient (Wildman–Crippen LogP) is 1.86. The summed E-state index contributed by atoms with van der Waals surface area (Å²) in [4.78, 5) is 19.9. The van der Waals surface area contributed by atoms with E-state index >= 15 is 0 Å². The lowest BCUT2D eigenvalue weighted by Gasteiger charge is -2.01. The fourth-order valence-electron chi connectivity index (χ4n) is 1.86. The maximum atomic E-state index is 10.7. The van der Waals surface area contributed by atoms with Crippen LogP contribution in [0, 0.1) is 20.2 Å². The normalized spacial score (nSPS) is 17.7. The Morgan fingerprint density at radius 2 is 1.81 bits per heavy atom. The third kappa shape index (κ3) is 1.56. The van der Waals surface area contributed by atoms with Gasteiger partial charge >= 0.3 is 11.4 Å². The fraction of sp³-hybridized carbons (Fsp3) is 0.333. The van der Waals surface area contributed by atoms with Crippen molar-refractivity contribution in [1.29, 1.82) is 0 Å². The van der Waals surface area contributed by atoms with Crippen molar-refractivity contribution in [1.82, 2.24) is 0 Å². The summed E-state index contributed by atoms with van der Waals surface area (Å²) in [5.41, 5.74) is 0.458. The number of rotatable bonds is 2. The van der Waals surface area contributed by atoms with Gasteiger partial charge in [-0.25, -0.2) is 0 Å². The minimum absolute atomic E-state index is 0.150. The van der Waals surface area contributed by atoms with Gasteiger partial charge in [-0.15, -0.1) is 0 Å². The lowest BCUT2D eigenvalue weighted by atomic mass is 10.1. The Morgan fingerprint density at radius 1 is 1.25 bits per heavy atom. The van der Waals surface area contributed by atoms with E-state index in [4.69, 9.17) is 0 Å². The van der Waals surface area contributed by atoms with Crippen LogP contribution in [-0.2, 0) is 6.42 Å². The van der Waals surface area contributed by atoms with Crippen LogP contribution in [0.2, 0.25) is 0 Å². The first-order valence-electron chi connectivity index (χ1n) is 4.71. The van der Waals surface area contributed by atoms with Gasteiger partial charge in [0.1, 0.15) is 0 Å². The highest BCUT2D eigenvalue weighted by atomic mass is 16.6. The number of fused-ring (bicyclic) bond motifs is 1. The van der Waals surface area contributed by atoms with E-state index in [1.807, 2.05) is 6.92 Å². The maximum absolute atomic E-state index is 10.7. The van der Waals surface area contributed by atoms with E-state index in [1.165, 1.54) is 12.1 Å². The van der Waals surface area contributed by atoms with Gasteiger partial charge in [-0.2, -0.15) is 0 Å². The molecule has 0 aliphatic carbocycles. The first-order chi connectivity index (χ1) is 7.49. The lowest BCUT2D eigenvalue weighted by molar-refractivity contribution is -0.422. The second-order valence-corrected chi connectivity index (χ2v) is 3.76. The largest absolute Gasteiger partial charge is 0.382 e. The van der Waals surface area contributed by atoms with Crippen molar-refractivity contribution in [2.75, 3.05) is 5.32 Å². The Hall–Kier alpha value is -2.18. The molecule has 0 aromatic heterocycles. The molecule has 1 aromatic rings. The van der Waals surface area contributed by atoms with Crippen molar-refractivity contribution < 1.29 is 9.85 Å². The van der Waals surface area contributed by atoms with Crippen LogP contribution in [0.15, 0.2) is 12.1 Å². The molecule has 1 aliphatic rings. The summed E-state index contributed by atoms with van der Waals surface area (Å²) in [6.45, 7) is 1.91. The number of nitrogens with zero attached hydrogens (tertiary/aromatic N) is 2. The van der Waals surface area contributed by atoms with Crippen LogP contribution in [-0.4, -0.2) is 15.9 Å². The van der Waals surface area contributed by atoms with Crippen LogP contribution < -0.4 is 5.32 Å². The molecule has 2 rings (SSSR count). The van der Waals surface area contributed by atoms with Gasteiger partial charge in [0.25, 0.3) is 0 Å². The smallest absolute Gasteiger partial charge is 0.348 e. The molecule has 1 unspecified atom stereocenters. The molecular weight excluding hydrogens is 214 g/mol. The van der Waals surface area contributed by atoms with Crippen molar-refractivity contribution in [3.05, 3.63) is 37.9 Å². The zero-order valence-corrected chi connectivity index (χ0v) is 8.47. The quantitative estimate of drug-likeness (QED) is 0.609. The van der Waals surface area contributed by atoms with Crippen molar-refractivity contribution in [3.63, 3.8) is 0 Å². The third-order valence-electron chi connectivity index (χ3n) is 2.52. The van der Waals surface area contributed by atoms with Crippen LogP contribution in [0.3, 0.4) is 0 Å². The van der Waals surface area contributed by atoms with Crippen LogP contribution in [0.1, 0.15) is 12.5 Å². The summed E-state index contributed by atoms with van der Waals surface area (Å²) >= 11 is 0. The Bertz CT molecular complexity index is 443. The van der Waals surface area contributed by atoms with Crippen molar-refractivity contribution >= 4 is 17.1 Å². The molecule has 1 N–H and O–H groups in total. The van der Waals surface area contributed by atoms with Gasteiger partial charge < -0.3 is 5.32 Å². The molecule has 16 heavy (non-hydrogen) atoms. The van der Waals surface area contributed by atoms with Gasteiger partial charge in [0.2, 0.25) is 0 Å². The van der Waals surface area contributed by atoms with Crippen LogP contribution in [0.25, 0.3) is 0 Å². The SMILES string of the molecule is CC1Cc2cc([N+](=O)[O-])c([N+](=O)[O-])cc2N1. The van der Waals surface area contributed by atoms with E-state index in [9.17, 15) is 20.2 Å². The maximum Gasteiger partial charge on any atom is 0.348 e. The second-order valence-electron chi connectivity index (χ2n) is 3.76. The summed E-state index contributed by atoms with van der Waals surface area (Å²) in [6.07, 6.45) is 0.647. The first kappa shape index (κ1) is 10.3. The molecule has 0 radical (unpaired) electrons. The predicted molar refractivity (Wildman–Crippen MR) is 56.5 cm³/mol. The molecule has 1 heterocycles. The van der Waals surface area contributed by atoms with E-state index in [0.717, 1.165) is 5.56 Å². The molecule has 0 saturated carbocycles. The van der Waals surface area contributed by atoms with Crippen LogP contribution in [0.5, 0.6) is 0 Å². The monoisotopic (exact) mass is 223 g/mol. The topological polar surface area (TPSA) is 98.3 Å². The van der Waals surface area contributed by atoms with Gasteiger partial charge in [0.15, 0.2) is 0 Å². The summed E-state index contributed by atoms with van der Waals surface area (Å²) in [5.74, 6) is 0. The molecule has 84 valence electrons. The molecule has 0 fully saturated rings. The summed E-state index contributed by atoms with van der Waals surface area (Å²) in [7, 11) is 0. The Labute approximate surface area is 90.4 Å². The van der Waals surface area contributed by atoms with E-state index < -0.39 is 21.2 Å². The third-order valence-corrected chi connectivity index (χ3v) is 2.52. The second kappa shape index (κ2) is 3.44. The Balaban J connectivity index is 2.58. The van der Waals surface area contributed by atoms with E-state index in [2.05, 4.69) is 5.32 Å². The number of nitro groups is 2. The van der Waals surface area contributed by atoms with Crippen LogP contribution >= 0.6 is 0 Å².